The molecule has 0 amide bonds. The van der Waals surface area contributed by atoms with E-state index in [1.165, 1.54) is 6.07 Å². The molecule has 2 nitrogen and oxygen atoms in total. The molecule has 2 aromatic rings. The average Bonchev–Trinajstić information content (AvgIpc) is 2.37. The van der Waals surface area contributed by atoms with Gasteiger partial charge in [0.05, 0.1) is 0 Å². The molecule has 0 bridgehead atoms. The summed E-state index contributed by atoms with van der Waals surface area (Å²) in [6.07, 6.45) is 0. The van der Waals surface area contributed by atoms with Crippen LogP contribution in [0.15, 0.2) is 46.9 Å². The summed E-state index contributed by atoms with van der Waals surface area (Å²) in [7, 11) is 0. The summed E-state index contributed by atoms with van der Waals surface area (Å²) in [6, 6.07) is 12.2. The molecule has 0 heterocycles. The lowest BCUT2D eigenvalue weighted by molar-refractivity contribution is 0.303. The van der Waals surface area contributed by atoms with Crippen LogP contribution in [0.25, 0.3) is 0 Å². The fraction of sp³-hybridized carbons (Fsp3) is 0.200. The van der Waals surface area contributed by atoms with Gasteiger partial charge in [-0.1, -0.05) is 40.2 Å². The maximum Gasteiger partial charge on any atom is 0.131 e. The van der Waals surface area contributed by atoms with Gasteiger partial charge in [0.2, 0.25) is 0 Å². The van der Waals surface area contributed by atoms with Crippen LogP contribution in [-0.4, -0.2) is 0 Å². The van der Waals surface area contributed by atoms with E-state index in [4.69, 9.17) is 10.5 Å². The van der Waals surface area contributed by atoms with Gasteiger partial charge in [0.15, 0.2) is 0 Å². The molecule has 19 heavy (non-hydrogen) atoms. The van der Waals surface area contributed by atoms with Crippen molar-refractivity contribution in [1.29, 1.82) is 0 Å². The summed E-state index contributed by atoms with van der Waals surface area (Å²) in [5.41, 5.74) is 7.17. The molecule has 0 aliphatic heterocycles. The molecule has 0 aromatic heterocycles. The van der Waals surface area contributed by atoms with Crippen LogP contribution in [0.2, 0.25) is 0 Å². The third-order valence-electron chi connectivity index (χ3n) is 2.81. The predicted octanol–water partition coefficient (Wildman–Crippen LogP) is 4.19. The van der Waals surface area contributed by atoms with Crippen LogP contribution in [0.4, 0.5) is 4.39 Å². The molecule has 0 fully saturated rings. The molecule has 0 aliphatic rings. The highest BCUT2D eigenvalue weighted by atomic mass is 79.9. The Hall–Kier alpha value is -1.39. The van der Waals surface area contributed by atoms with Crippen molar-refractivity contribution in [3.8, 4) is 5.75 Å². The minimum absolute atomic E-state index is 0.322. The number of nitrogens with two attached hydrogens (primary N) is 1. The highest BCUT2D eigenvalue weighted by Crippen LogP contribution is 2.23. The van der Waals surface area contributed by atoms with Crippen molar-refractivity contribution in [2.45, 2.75) is 19.6 Å². The summed E-state index contributed by atoms with van der Waals surface area (Å²) in [6.45, 7) is 2.14. The topological polar surface area (TPSA) is 35.2 Å². The minimum Gasteiger partial charge on any atom is -0.489 e. The van der Waals surface area contributed by atoms with Crippen molar-refractivity contribution in [1.82, 2.24) is 0 Å². The number of ether oxygens (including phenoxy) is 1. The van der Waals surface area contributed by atoms with Gasteiger partial charge in [-0.2, -0.15) is 0 Å². The van der Waals surface area contributed by atoms with Gasteiger partial charge in [0, 0.05) is 27.7 Å². The van der Waals surface area contributed by atoms with E-state index in [0.29, 0.717) is 17.9 Å². The average molecular weight is 324 g/mol. The Balaban J connectivity index is 2.08. The van der Waals surface area contributed by atoms with Crippen LogP contribution < -0.4 is 10.5 Å². The smallest absolute Gasteiger partial charge is 0.131 e. The van der Waals surface area contributed by atoms with Crippen molar-refractivity contribution in [3.63, 3.8) is 0 Å². The first-order chi connectivity index (χ1) is 9.08. The van der Waals surface area contributed by atoms with Crippen molar-refractivity contribution >= 4 is 15.9 Å². The zero-order valence-corrected chi connectivity index (χ0v) is 12.2. The summed E-state index contributed by atoms with van der Waals surface area (Å²) in [4.78, 5) is 0. The second-order valence-electron chi connectivity index (χ2n) is 4.35. The van der Waals surface area contributed by atoms with E-state index >= 15 is 0 Å². The predicted molar refractivity (Wildman–Crippen MR) is 77.5 cm³/mol. The van der Waals surface area contributed by atoms with Crippen molar-refractivity contribution in [3.05, 3.63) is 63.9 Å². The van der Waals surface area contributed by atoms with Gasteiger partial charge in [0.1, 0.15) is 18.2 Å². The molecule has 1 atom stereocenters. The molecule has 2 rings (SSSR count). The Labute approximate surface area is 120 Å². The van der Waals surface area contributed by atoms with E-state index in [9.17, 15) is 4.39 Å². The first-order valence-electron chi connectivity index (χ1n) is 5.99. The normalized spacial score (nSPS) is 12.2. The Bertz CT molecular complexity index is 572. The zero-order valence-electron chi connectivity index (χ0n) is 10.6. The summed E-state index contributed by atoms with van der Waals surface area (Å²) in [5.74, 6) is 0.164. The lowest BCUT2D eigenvalue weighted by atomic mass is 10.1. The number of halogens is 2. The molecule has 100 valence electrons. The Kier molecular flexibility index (Phi) is 4.56. The van der Waals surface area contributed by atoms with E-state index in [2.05, 4.69) is 15.9 Å². The van der Waals surface area contributed by atoms with Gasteiger partial charge in [-0.25, -0.2) is 4.39 Å². The lowest BCUT2D eigenvalue weighted by Crippen LogP contribution is -2.07. The third-order valence-corrected chi connectivity index (χ3v) is 3.59. The molecule has 0 spiro atoms. The molecular formula is C15H15BrFNO. The maximum absolute atomic E-state index is 13.7. The van der Waals surface area contributed by atoms with Gasteiger partial charge in [0.25, 0.3) is 0 Å². The maximum atomic E-state index is 13.7. The van der Waals surface area contributed by atoms with E-state index in [0.717, 1.165) is 10.0 Å². The van der Waals surface area contributed by atoms with Crippen molar-refractivity contribution in [2.75, 3.05) is 0 Å². The van der Waals surface area contributed by atoms with E-state index < -0.39 is 0 Å². The van der Waals surface area contributed by atoms with Gasteiger partial charge in [-0.15, -0.1) is 0 Å². The molecule has 0 aliphatic carbocycles. The highest BCUT2D eigenvalue weighted by Gasteiger charge is 2.08. The molecule has 0 radical (unpaired) electrons. The second kappa shape index (κ2) is 6.17. The number of hydrogen-bond donors (Lipinski definition) is 1. The minimum atomic E-state index is -0.334. The third kappa shape index (κ3) is 3.55. The molecule has 0 saturated carbocycles. The summed E-state index contributed by atoms with van der Waals surface area (Å²) < 4.78 is 20.3. The number of rotatable bonds is 4. The molecule has 0 unspecified atom stereocenters. The lowest BCUT2D eigenvalue weighted by Gasteiger charge is -2.11. The monoisotopic (exact) mass is 323 g/mol. The van der Waals surface area contributed by atoms with Crippen LogP contribution in [0.1, 0.15) is 24.1 Å². The first-order valence-corrected chi connectivity index (χ1v) is 6.78. The van der Waals surface area contributed by atoms with Crippen LogP contribution in [0, 0.1) is 5.82 Å². The van der Waals surface area contributed by atoms with Crippen LogP contribution in [0.5, 0.6) is 5.75 Å². The molecule has 4 heteroatoms. The van der Waals surface area contributed by atoms with Gasteiger partial charge in [-0.05, 0) is 19.1 Å². The standard InChI is InChI=1S/C15H15BrFNO/c1-10(18)13-7-6-12(8-15(13)17)19-9-11-4-2-3-5-14(11)16/h2-8,10H,9,18H2,1H3/t10-/m1/s1. The fourth-order valence-electron chi connectivity index (χ4n) is 1.74. The first kappa shape index (κ1) is 14.0. The van der Waals surface area contributed by atoms with Crippen LogP contribution in [0.3, 0.4) is 0 Å². The molecule has 2 aromatic carbocycles. The van der Waals surface area contributed by atoms with E-state index in [1.54, 1.807) is 19.1 Å². The largest absolute Gasteiger partial charge is 0.489 e. The van der Waals surface area contributed by atoms with E-state index in [1.807, 2.05) is 24.3 Å². The Morgan fingerprint density at radius 2 is 2.00 bits per heavy atom. The van der Waals surface area contributed by atoms with Crippen LogP contribution in [-0.2, 0) is 6.61 Å². The van der Waals surface area contributed by atoms with Gasteiger partial charge >= 0.3 is 0 Å². The van der Waals surface area contributed by atoms with Crippen molar-refractivity contribution in [2.24, 2.45) is 5.73 Å². The summed E-state index contributed by atoms with van der Waals surface area (Å²) in [5, 5.41) is 0. The Morgan fingerprint density at radius 1 is 1.26 bits per heavy atom. The number of benzene rings is 2. The SMILES string of the molecule is C[C@@H](N)c1ccc(OCc2ccccc2Br)cc1F. The molecule has 2 N–H and O–H groups in total. The summed E-state index contributed by atoms with van der Waals surface area (Å²) >= 11 is 3.44. The highest BCUT2D eigenvalue weighted by molar-refractivity contribution is 9.10. The fourth-order valence-corrected chi connectivity index (χ4v) is 2.14. The quantitative estimate of drug-likeness (QED) is 0.915. The van der Waals surface area contributed by atoms with Gasteiger partial charge < -0.3 is 10.5 Å². The van der Waals surface area contributed by atoms with Gasteiger partial charge in [-0.3, -0.25) is 0 Å². The number of hydrogen-bond acceptors (Lipinski definition) is 2. The zero-order chi connectivity index (χ0) is 13.8. The molecule has 0 saturated heterocycles. The Morgan fingerprint density at radius 3 is 2.63 bits per heavy atom. The van der Waals surface area contributed by atoms with Crippen molar-refractivity contribution < 1.29 is 9.13 Å². The van der Waals surface area contributed by atoms with E-state index in [-0.39, 0.29) is 11.9 Å². The molecular weight excluding hydrogens is 309 g/mol. The van der Waals surface area contributed by atoms with Crippen LogP contribution >= 0.6 is 15.9 Å². The second-order valence-corrected chi connectivity index (χ2v) is 5.21.